The Morgan fingerprint density at radius 1 is 1.27 bits per heavy atom. The van der Waals surface area contributed by atoms with Gasteiger partial charge in [0.15, 0.2) is 0 Å². The first-order valence-corrected chi connectivity index (χ1v) is 9.09. The van der Waals surface area contributed by atoms with E-state index in [0.717, 1.165) is 18.7 Å². The molecule has 1 saturated heterocycles. The molecule has 1 aromatic carbocycles. The Balaban J connectivity index is 1.66. The molecule has 7 heteroatoms. The summed E-state index contributed by atoms with van der Waals surface area (Å²) in [6, 6.07) is 9.29. The van der Waals surface area contributed by atoms with Gasteiger partial charge in [0.05, 0.1) is 12.5 Å². The van der Waals surface area contributed by atoms with E-state index in [0.29, 0.717) is 29.9 Å². The lowest BCUT2D eigenvalue weighted by Crippen LogP contribution is -2.44. The van der Waals surface area contributed by atoms with Crippen LogP contribution in [0.4, 0.5) is 5.95 Å². The van der Waals surface area contributed by atoms with Crippen molar-refractivity contribution in [3.05, 3.63) is 53.3 Å². The zero-order valence-electron chi connectivity index (χ0n) is 15.1. The summed E-state index contributed by atoms with van der Waals surface area (Å²) in [4.78, 5) is 25.5. The topological polar surface area (TPSA) is 61.4 Å². The van der Waals surface area contributed by atoms with Crippen molar-refractivity contribution in [2.75, 3.05) is 38.6 Å². The number of anilines is 1. The minimum Gasteiger partial charge on any atom is -0.351 e. The molecule has 26 heavy (non-hydrogen) atoms. The quantitative estimate of drug-likeness (QED) is 0.837. The van der Waals surface area contributed by atoms with Crippen molar-refractivity contribution in [2.45, 2.75) is 12.5 Å². The number of hydrogen-bond acceptors (Lipinski definition) is 5. The van der Waals surface area contributed by atoms with Crippen molar-refractivity contribution in [3.63, 3.8) is 0 Å². The van der Waals surface area contributed by atoms with Crippen LogP contribution in [0.15, 0.2) is 42.7 Å². The van der Waals surface area contributed by atoms with E-state index in [1.165, 1.54) is 0 Å². The molecule has 138 valence electrons. The number of rotatable bonds is 6. The summed E-state index contributed by atoms with van der Waals surface area (Å²) in [5, 5.41) is 3.84. The summed E-state index contributed by atoms with van der Waals surface area (Å²) < 4.78 is 0. The standard InChI is InChI=1S/C19H24ClN5O/c1-24(2)11-15-12-25(19-21-7-4-8-22-19)13-17(15)23-18(26)10-14-5-3-6-16(20)9-14/h3-9,15,17H,10-13H2,1-2H3,(H,23,26)/t15-,17-/m1/s1. The Bertz CT molecular complexity index is 740. The lowest BCUT2D eigenvalue weighted by molar-refractivity contribution is -0.121. The van der Waals surface area contributed by atoms with Crippen LogP contribution in [0.2, 0.25) is 5.02 Å². The summed E-state index contributed by atoms with van der Waals surface area (Å²) in [5.74, 6) is 1.04. The highest BCUT2D eigenvalue weighted by Gasteiger charge is 2.35. The van der Waals surface area contributed by atoms with Crippen molar-refractivity contribution in [2.24, 2.45) is 5.92 Å². The van der Waals surface area contributed by atoms with Crippen molar-refractivity contribution < 1.29 is 4.79 Å². The number of carbonyl (C=O) groups excluding carboxylic acids is 1. The Kier molecular flexibility index (Phi) is 6.06. The minimum atomic E-state index is 0.0110. The number of halogens is 1. The zero-order chi connectivity index (χ0) is 18.5. The molecule has 3 rings (SSSR count). The van der Waals surface area contributed by atoms with E-state index in [9.17, 15) is 4.79 Å². The molecule has 0 unspecified atom stereocenters. The van der Waals surface area contributed by atoms with Crippen LogP contribution in [0, 0.1) is 5.92 Å². The van der Waals surface area contributed by atoms with Crippen LogP contribution in [0.5, 0.6) is 0 Å². The molecule has 2 atom stereocenters. The number of aromatic nitrogens is 2. The van der Waals surface area contributed by atoms with Crippen LogP contribution < -0.4 is 10.2 Å². The smallest absolute Gasteiger partial charge is 0.225 e. The highest BCUT2D eigenvalue weighted by atomic mass is 35.5. The van der Waals surface area contributed by atoms with Gasteiger partial charge in [0, 0.05) is 43.0 Å². The fourth-order valence-corrected chi connectivity index (χ4v) is 3.61. The highest BCUT2D eigenvalue weighted by Crippen LogP contribution is 2.22. The van der Waals surface area contributed by atoms with Crippen molar-refractivity contribution >= 4 is 23.5 Å². The van der Waals surface area contributed by atoms with Gasteiger partial charge in [-0.15, -0.1) is 0 Å². The fraction of sp³-hybridized carbons (Fsp3) is 0.421. The maximum absolute atomic E-state index is 12.5. The third kappa shape index (κ3) is 4.93. The van der Waals surface area contributed by atoms with E-state index in [1.807, 2.05) is 38.4 Å². The Labute approximate surface area is 159 Å². The number of hydrogen-bond donors (Lipinski definition) is 1. The molecule has 1 fully saturated rings. The molecule has 1 aromatic heterocycles. The number of nitrogens with zero attached hydrogens (tertiary/aromatic N) is 4. The van der Waals surface area contributed by atoms with Gasteiger partial charge in [0.25, 0.3) is 0 Å². The maximum atomic E-state index is 12.5. The lowest BCUT2D eigenvalue weighted by Gasteiger charge is -2.22. The van der Waals surface area contributed by atoms with Crippen LogP contribution in [-0.2, 0) is 11.2 Å². The number of amides is 1. The predicted molar refractivity (Wildman–Crippen MR) is 103 cm³/mol. The normalized spacial score (nSPS) is 19.8. The molecular formula is C19H24ClN5O. The van der Waals surface area contributed by atoms with Gasteiger partial charge in [0.2, 0.25) is 11.9 Å². The van der Waals surface area contributed by atoms with Crippen LogP contribution in [-0.4, -0.2) is 60.5 Å². The second kappa shape index (κ2) is 8.47. The Morgan fingerprint density at radius 3 is 2.73 bits per heavy atom. The van der Waals surface area contributed by atoms with Gasteiger partial charge in [0.1, 0.15) is 0 Å². The van der Waals surface area contributed by atoms with Crippen molar-refractivity contribution in [3.8, 4) is 0 Å². The first-order chi connectivity index (χ1) is 12.5. The Hall–Kier alpha value is -2.18. The van der Waals surface area contributed by atoms with Gasteiger partial charge in [-0.3, -0.25) is 4.79 Å². The number of nitrogens with one attached hydrogen (secondary N) is 1. The molecule has 2 heterocycles. The van der Waals surface area contributed by atoms with Crippen molar-refractivity contribution in [1.29, 1.82) is 0 Å². The molecule has 2 aromatic rings. The minimum absolute atomic E-state index is 0.0110. The van der Waals surface area contributed by atoms with E-state index in [4.69, 9.17) is 11.6 Å². The van der Waals surface area contributed by atoms with Gasteiger partial charge in [-0.1, -0.05) is 23.7 Å². The maximum Gasteiger partial charge on any atom is 0.225 e. The summed E-state index contributed by atoms with van der Waals surface area (Å²) >= 11 is 6.01. The van der Waals surface area contributed by atoms with E-state index in [2.05, 4.69) is 25.1 Å². The van der Waals surface area contributed by atoms with E-state index in [-0.39, 0.29) is 11.9 Å². The van der Waals surface area contributed by atoms with Gasteiger partial charge in [-0.25, -0.2) is 9.97 Å². The van der Waals surface area contributed by atoms with Gasteiger partial charge >= 0.3 is 0 Å². The molecule has 1 aliphatic rings. The molecule has 1 N–H and O–H groups in total. The zero-order valence-corrected chi connectivity index (χ0v) is 15.9. The first-order valence-electron chi connectivity index (χ1n) is 8.72. The number of carbonyl (C=O) groups is 1. The van der Waals surface area contributed by atoms with Crippen LogP contribution in [0.1, 0.15) is 5.56 Å². The monoisotopic (exact) mass is 373 g/mol. The predicted octanol–water partition coefficient (Wildman–Crippen LogP) is 1.86. The van der Waals surface area contributed by atoms with Gasteiger partial charge < -0.3 is 15.1 Å². The average Bonchev–Trinajstić information content (AvgIpc) is 2.97. The number of benzene rings is 1. The second-order valence-electron chi connectivity index (χ2n) is 6.96. The second-order valence-corrected chi connectivity index (χ2v) is 7.39. The molecule has 0 aliphatic carbocycles. The molecule has 0 bridgehead atoms. The molecular weight excluding hydrogens is 350 g/mol. The van der Waals surface area contributed by atoms with Crippen LogP contribution >= 0.6 is 11.6 Å². The van der Waals surface area contributed by atoms with E-state index < -0.39 is 0 Å². The van der Waals surface area contributed by atoms with Gasteiger partial charge in [-0.05, 0) is 37.9 Å². The summed E-state index contributed by atoms with van der Waals surface area (Å²) in [6.07, 6.45) is 3.82. The van der Waals surface area contributed by atoms with Crippen molar-refractivity contribution in [1.82, 2.24) is 20.2 Å². The highest BCUT2D eigenvalue weighted by molar-refractivity contribution is 6.30. The van der Waals surface area contributed by atoms with Gasteiger partial charge in [-0.2, -0.15) is 0 Å². The largest absolute Gasteiger partial charge is 0.351 e. The van der Waals surface area contributed by atoms with Crippen LogP contribution in [0.25, 0.3) is 0 Å². The van der Waals surface area contributed by atoms with E-state index >= 15 is 0 Å². The third-order valence-electron chi connectivity index (χ3n) is 4.48. The molecule has 0 saturated carbocycles. The summed E-state index contributed by atoms with van der Waals surface area (Å²) in [7, 11) is 4.10. The third-order valence-corrected chi connectivity index (χ3v) is 4.71. The summed E-state index contributed by atoms with van der Waals surface area (Å²) in [5.41, 5.74) is 0.917. The molecule has 0 radical (unpaired) electrons. The fourth-order valence-electron chi connectivity index (χ4n) is 3.40. The molecule has 1 aliphatic heterocycles. The SMILES string of the molecule is CN(C)C[C@@H]1CN(c2ncccn2)C[C@H]1NC(=O)Cc1cccc(Cl)c1. The lowest BCUT2D eigenvalue weighted by atomic mass is 10.0. The van der Waals surface area contributed by atoms with E-state index in [1.54, 1.807) is 18.5 Å². The average molecular weight is 374 g/mol. The molecule has 6 nitrogen and oxygen atoms in total. The first kappa shape index (κ1) is 18.6. The molecule has 0 spiro atoms. The summed E-state index contributed by atoms with van der Waals surface area (Å²) in [6.45, 7) is 2.43. The van der Waals surface area contributed by atoms with Crippen LogP contribution in [0.3, 0.4) is 0 Å². The molecule has 1 amide bonds. The Morgan fingerprint density at radius 2 is 2.04 bits per heavy atom.